The SMILES string of the molecule is Clc1cc2oc3ccccc3c2c2c1ccc1ccc3ccccc3c12. The molecule has 0 aliphatic carbocycles. The van der Waals surface area contributed by atoms with Crippen molar-refractivity contribution >= 4 is 65.9 Å². The Bertz CT molecular complexity index is 1490. The molecule has 122 valence electrons. The van der Waals surface area contributed by atoms with Crippen molar-refractivity contribution in [2.24, 2.45) is 0 Å². The first-order valence-corrected chi connectivity index (χ1v) is 9.03. The molecule has 0 aliphatic heterocycles. The fraction of sp³-hybridized carbons (Fsp3) is 0. The molecule has 2 heteroatoms. The molecule has 0 spiro atoms. The normalized spacial score (nSPS) is 12.0. The first kappa shape index (κ1) is 14.2. The lowest BCUT2D eigenvalue weighted by Crippen LogP contribution is -1.83. The average molecular weight is 353 g/mol. The molecule has 1 aromatic heterocycles. The number of halogens is 1. The highest BCUT2D eigenvalue weighted by Crippen LogP contribution is 2.43. The zero-order valence-electron chi connectivity index (χ0n) is 13.8. The van der Waals surface area contributed by atoms with Gasteiger partial charge in [0.05, 0.1) is 5.02 Å². The highest BCUT2D eigenvalue weighted by molar-refractivity contribution is 6.41. The maximum atomic E-state index is 6.66. The van der Waals surface area contributed by atoms with Crippen LogP contribution in [-0.2, 0) is 0 Å². The summed E-state index contributed by atoms with van der Waals surface area (Å²) in [6.45, 7) is 0. The lowest BCUT2D eigenvalue weighted by molar-refractivity contribution is 0.669. The van der Waals surface area contributed by atoms with E-state index in [1.165, 1.54) is 26.9 Å². The standard InChI is InChI=1S/C24H13ClO/c25-19-13-21-23(18-7-3-4-8-20(18)26-21)24-17(19)12-11-15-10-9-14-5-1-2-6-16(14)22(15)24/h1-13H. The van der Waals surface area contributed by atoms with Crippen LogP contribution in [0.15, 0.2) is 83.3 Å². The number of para-hydroxylation sites is 1. The third-order valence-electron chi connectivity index (χ3n) is 5.30. The second-order valence-electron chi connectivity index (χ2n) is 6.70. The van der Waals surface area contributed by atoms with E-state index in [0.717, 1.165) is 32.3 Å². The second-order valence-corrected chi connectivity index (χ2v) is 7.11. The van der Waals surface area contributed by atoms with Gasteiger partial charge in [0.25, 0.3) is 0 Å². The molecule has 5 aromatic carbocycles. The van der Waals surface area contributed by atoms with Crippen LogP contribution in [0.1, 0.15) is 0 Å². The van der Waals surface area contributed by atoms with Crippen molar-refractivity contribution in [2.45, 2.75) is 0 Å². The average Bonchev–Trinajstić information content (AvgIpc) is 3.05. The number of rotatable bonds is 0. The fourth-order valence-electron chi connectivity index (χ4n) is 4.17. The molecule has 26 heavy (non-hydrogen) atoms. The van der Waals surface area contributed by atoms with Crippen LogP contribution < -0.4 is 0 Å². The van der Waals surface area contributed by atoms with Gasteiger partial charge in [0.15, 0.2) is 0 Å². The lowest BCUT2D eigenvalue weighted by Gasteiger charge is -2.10. The minimum Gasteiger partial charge on any atom is -0.456 e. The number of hydrogen-bond acceptors (Lipinski definition) is 1. The topological polar surface area (TPSA) is 13.1 Å². The summed E-state index contributed by atoms with van der Waals surface area (Å²) < 4.78 is 6.12. The molecule has 0 saturated carbocycles. The fourth-order valence-corrected chi connectivity index (χ4v) is 4.43. The third kappa shape index (κ3) is 1.76. The van der Waals surface area contributed by atoms with E-state index in [9.17, 15) is 0 Å². The van der Waals surface area contributed by atoms with Crippen LogP contribution in [0.2, 0.25) is 5.02 Å². The van der Waals surface area contributed by atoms with Gasteiger partial charge in [-0.05, 0) is 27.6 Å². The largest absolute Gasteiger partial charge is 0.456 e. The van der Waals surface area contributed by atoms with E-state index in [1.807, 2.05) is 18.2 Å². The molecule has 0 fully saturated rings. The van der Waals surface area contributed by atoms with E-state index < -0.39 is 0 Å². The van der Waals surface area contributed by atoms with Crippen molar-refractivity contribution < 1.29 is 4.42 Å². The second kappa shape index (κ2) is 5.00. The zero-order chi connectivity index (χ0) is 17.3. The predicted molar refractivity (Wildman–Crippen MR) is 111 cm³/mol. The Morgan fingerprint density at radius 2 is 1.27 bits per heavy atom. The third-order valence-corrected chi connectivity index (χ3v) is 5.61. The first-order chi connectivity index (χ1) is 12.8. The number of hydrogen-bond donors (Lipinski definition) is 0. The van der Waals surface area contributed by atoms with Gasteiger partial charge in [0, 0.05) is 27.6 Å². The zero-order valence-corrected chi connectivity index (χ0v) is 14.5. The molecule has 0 unspecified atom stereocenters. The summed E-state index contributed by atoms with van der Waals surface area (Å²) in [6, 6.07) is 27.3. The molecule has 1 heterocycles. The van der Waals surface area contributed by atoms with Gasteiger partial charge in [0.1, 0.15) is 11.2 Å². The van der Waals surface area contributed by atoms with Gasteiger partial charge >= 0.3 is 0 Å². The molecule has 0 bridgehead atoms. The molecule has 0 N–H and O–H groups in total. The maximum Gasteiger partial charge on any atom is 0.137 e. The van der Waals surface area contributed by atoms with E-state index in [1.54, 1.807) is 0 Å². The number of fused-ring (bicyclic) bond motifs is 9. The molecule has 1 nitrogen and oxygen atoms in total. The van der Waals surface area contributed by atoms with Gasteiger partial charge in [-0.15, -0.1) is 0 Å². The summed E-state index contributed by atoms with van der Waals surface area (Å²) in [6.07, 6.45) is 0. The summed E-state index contributed by atoms with van der Waals surface area (Å²) in [7, 11) is 0. The summed E-state index contributed by atoms with van der Waals surface area (Å²) in [4.78, 5) is 0. The summed E-state index contributed by atoms with van der Waals surface area (Å²) in [5.74, 6) is 0. The predicted octanol–water partition coefficient (Wildman–Crippen LogP) is 7.70. The van der Waals surface area contributed by atoms with E-state index in [-0.39, 0.29) is 0 Å². The first-order valence-electron chi connectivity index (χ1n) is 8.65. The Morgan fingerprint density at radius 3 is 2.19 bits per heavy atom. The van der Waals surface area contributed by atoms with E-state index in [2.05, 4.69) is 60.7 Å². The van der Waals surface area contributed by atoms with Crippen LogP contribution in [0.5, 0.6) is 0 Å². The Labute approximate surface area is 154 Å². The Kier molecular flexibility index (Phi) is 2.72. The molecule has 0 amide bonds. The van der Waals surface area contributed by atoms with Crippen molar-refractivity contribution in [2.75, 3.05) is 0 Å². The van der Waals surface area contributed by atoms with Crippen molar-refractivity contribution in [3.8, 4) is 0 Å². The highest BCUT2D eigenvalue weighted by Gasteiger charge is 2.16. The monoisotopic (exact) mass is 352 g/mol. The molecule has 0 aliphatic rings. The van der Waals surface area contributed by atoms with Crippen molar-refractivity contribution in [1.29, 1.82) is 0 Å². The van der Waals surface area contributed by atoms with Gasteiger partial charge in [-0.2, -0.15) is 0 Å². The van der Waals surface area contributed by atoms with Crippen molar-refractivity contribution in [3.63, 3.8) is 0 Å². The Morgan fingerprint density at radius 1 is 0.538 bits per heavy atom. The molecule has 6 rings (SSSR count). The molecule has 0 atom stereocenters. The highest BCUT2D eigenvalue weighted by atomic mass is 35.5. The smallest absolute Gasteiger partial charge is 0.137 e. The van der Waals surface area contributed by atoms with Crippen LogP contribution in [0, 0.1) is 0 Å². The number of furan rings is 1. The lowest BCUT2D eigenvalue weighted by atomic mass is 9.93. The van der Waals surface area contributed by atoms with Crippen LogP contribution in [0.25, 0.3) is 54.3 Å². The number of benzene rings is 5. The van der Waals surface area contributed by atoms with Gasteiger partial charge < -0.3 is 4.42 Å². The van der Waals surface area contributed by atoms with Gasteiger partial charge in [0.2, 0.25) is 0 Å². The maximum absolute atomic E-state index is 6.66. The van der Waals surface area contributed by atoms with E-state index in [4.69, 9.17) is 16.0 Å². The Hall–Kier alpha value is -3.03. The summed E-state index contributed by atoms with van der Waals surface area (Å²) in [5.41, 5.74) is 1.73. The van der Waals surface area contributed by atoms with Crippen molar-refractivity contribution in [3.05, 3.63) is 83.9 Å². The van der Waals surface area contributed by atoms with Gasteiger partial charge in [-0.25, -0.2) is 0 Å². The quantitative estimate of drug-likeness (QED) is 0.255. The van der Waals surface area contributed by atoms with Crippen LogP contribution in [0.4, 0.5) is 0 Å². The summed E-state index contributed by atoms with van der Waals surface area (Å²) in [5, 5.41) is 10.1. The molecule has 0 radical (unpaired) electrons. The molecule has 0 saturated heterocycles. The Balaban J connectivity index is 2.05. The van der Waals surface area contributed by atoms with Crippen LogP contribution in [0.3, 0.4) is 0 Å². The minimum atomic E-state index is 0.724. The van der Waals surface area contributed by atoms with Crippen molar-refractivity contribution in [1.82, 2.24) is 0 Å². The van der Waals surface area contributed by atoms with E-state index >= 15 is 0 Å². The minimum absolute atomic E-state index is 0.724. The van der Waals surface area contributed by atoms with E-state index in [0.29, 0.717) is 0 Å². The van der Waals surface area contributed by atoms with Gasteiger partial charge in [-0.1, -0.05) is 78.3 Å². The van der Waals surface area contributed by atoms with Crippen LogP contribution >= 0.6 is 11.6 Å². The summed E-state index contributed by atoms with van der Waals surface area (Å²) >= 11 is 6.66. The molecule has 6 aromatic rings. The molecular formula is C24H13ClO. The van der Waals surface area contributed by atoms with Crippen LogP contribution in [-0.4, -0.2) is 0 Å². The van der Waals surface area contributed by atoms with Gasteiger partial charge in [-0.3, -0.25) is 0 Å². The molecular weight excluding hydrogens is 340 g/mol.